The zero-order chi connectivity index (χ0) is 14.0. The Hall–Kier alpha value is -1.26. The number of anilines is 1. The van der Waals surface area contributed by atoms with E-state index in [1.807, 2.05) is 13.0 Å². The highest BCUT2D eigenvalue weighted by Gasteiger charge is 2.29. The molecule has 1 fully saturated rings. The Morgan fingerprint density at radius 2 is 2.32 bits per heavy atom. The van der Waals surface area contributed by atoms with Crippen molar-refractivity contribution in [3.8, 4) is 0 Å². The second-order valence-electron chi connectivity index (χ2n) is 4.80. The molecule has 0 amide bonds. The van der Waals surface area contributed by atoms with Crippen molar-refractivity contribution in [2.45, 2.75) is 32.4 Å². The second-order valence-corrected chi connectivity index (χ2v) is 5.20. The van der Waals surface area contributed by atoms with E-state index in [4.69, 9.17) is 16.3 Å². The summed E-state index contributed by atoms with van der Waals surface area (Å²) in [5, 5.41) is 9.64. The Labute approximate surface area is 117 Å². The predicted molar refractivity (Wildman–Crippen MR) is 75.3 cm³/mol. The van der Waals surface area contributed by atoms with Crippen molar-refractivity contribution in [2.24, 2.45) is 0 Å². The summed E-state index contributed by atoms with van der Waals surface area (Å²) in [4.78, 5) is 13.5. The van der Waals surface area contributed by atoms with Crippen molar-refractivity contribution in [2.75, 3.05) is 18.1 Å². The van der Waals surface area contributed by atoms with Crippen molar-refractivity contribution in [3.05, 3.63) is 28.8 Å². The molecule has 1 aromatic rings. The van der Waals surface area contributed by atoms with Crippen LogP contribution in [0, 0.1) is 0 Å². The van der Waals surface area contributed by atoms with Crippen LogP contribution in [0.5, 0.6) is 0 Å². The summed E-state index contributed by atoms with van der Waals surface area (Å²) in [6.45, 7) is 5.36. The molecule has 0 saturated carbocycles. The molecule has 0 aromatic heterocycles. The number of carboxylic acid groups (broad SMARTS) is 1. The smallest absolute Gasteiger partial charge is 0.339 e. The Balaban J connectivity index is 2.44. The molecule has 4 nitrogen and oxygen atoms in total. The summed E-state index contributed by atoms with van der Waals surface area (Å²) in [6.07, 6.45) is 0.988. The van der Waals surface area contributed by atoms with Gasteiger partial charge >= 0.3 is 5.97 Å². The molecular weight excluding hydrogens is 266 g/mol. The molecule has 1 heterocycles. The van der Waals surface area contributed by atoms with Crippen molar-refractivity contribution in [1.29, 1.82) is 0 Å². The van der Waals surface area contributed by atoms with Gasteiger partial charge in [0.1, 0.15) is 5.56 Å². The van der Waals surface area contributed by atoms with Gasteiger partial charge in [0.15, 0.2) is 0 Å². The molecule has 1 saturated heterocycles. The summed E-state index contributed by atoms with van der Waals surface area (Å²) in [7, 11) is 0. The number of benzene rings is 1. The maximum absolute atomic E-state index is 11.4. The fourth-order valence-electron chi connectivity index (χ4n) is 2.44. The number of rotatable bonds is 3. The Bertz CT molecular complexity index is 478. The molecule has 2 rings (SSSR count). The van der Waals surface area contributed by atoms with E-state index >= 15 is 0 Å². The van der Waals surface area contributed by atoms with E-state index in [1.165, 1.54) is 0 Å². The fraction of sp³-hybridized carbons (Fsp3) is 0.500. The van der Waals surface area contributed by atoms with E-state index in [2.05, 4.69) is 11.8 Å². The molecule has 2 unspecified atom stereocenters. The molecule has 2 atom stereocenters. The molecule has 19 heavy (non-hydrogen) atoms. The Kier molecular flexibility index (Phi) is 4.32. The van der Waals surface area contributed by atoms with Crippen LogP contribution in [-0.4, -0.2) is 36.4 Å². The van der Waals surface area contributed by atoms with Crippen LogP contribution in [0.2, 0.25) is 5.02 Å². The topological polar surface area (TPSA) is 49.8 Å². The third-order valence-electron chi connectivity index (χ3n) is 3.45. The molecule has 0 spiro atoms. The van der Waals surface area contributed by atoms with Crippen LogP contribution in [0.3, 0.4) is 0 Å². The van der Waals surface area contributed by atoms with Gasteiger partial charge in [-0.25, -0.2) is 4.79 Å². The first-order valence-electron chi connectivity index (χ1n) is 6.44. The number of carbonyl (C=O) groups is 1. The van der Waals surface area contributed by atoms with E-state index in [0.717, 1.165) is 6.42 Å². The van der Waals surface area contributed by atoms with Crippen molar-refractivity contribution in [1.82, 2.24) is 0 Å². The molecule has 0 radical (unpaired) electrons. The van der Waals surface area contributed by atoms with E-state index in [1.54, 1.807) is 12.1 Å². The summed E-state index contributed by atoms with van der Waals surface area (Å²) in [5.41, 5.74) is 0.860. The number of hydrogen-bond donors (Lipinski definition) is 1. The molecule has 0 aliphatic carbocycles. The number of nitrogens with zero attached hydrogens (tertiary/aromatic N) is 1. The monoisotopic (exact) mass is 283 g/mol. The summed E-state index contributed by atoms with van der Waals surface area (Å²) in [5.74, 6) is -0.991. The lowest BCUT2D eigenvalue weighted by molar-refractivity contribution is 0.0297. The quantitative estimate of drug-likeness (QED) is 0.926. The fourth-order valence-corrected chi connectivity index (χ4v) is 2.69. The van der Waals surface area contributed by atoms with Gasteiger partial charge in [-0.05, 0) is 25.5 Å². The normalized spacial score (nSPS) is 23.4. The van der Waals surface area contributed by atoms with Gasteiger partial charge in [-0.15, -0.1) is 0 Å². The van der Waals surface area contributed by atoms with Gasteiger partial charge in [-0.3, -0.25) is 0 Å². The van der Waals surface area contributed by atoms with Crippen LogP contribution in [0.25, 0.3) is 0 Å². The van der Waals surface area contributed by atoms with Gasteiger partial charge < -0.3 is 14.7 Å². The third-order valence-corrected chi connectivity index (χ3v) is 3.77. The summed E-state index contributed by atoms with van der Waals surface area (Å²) < 4.78 is 5.64. The number of morpholine rings is 1. The number of carboxylic acids is 1. The Morgan fingerprint density at radius 1 is 1.58 bits per heavy atom. The van der Waals surface area contributed by atoms with Crippen molar-refractivity contribution < 1.29 is 14.6 Å². The SMILES string of the molecule is CCC1COC(C)CN1c1cccc(Cl)c1C(=O)O. The molecule has 104 valence electrons. The molecule has 0 bridgehead atoms. The average molecular weight is 284 g/mol. The lowest BCUT2D eigenvalue weighted by Crippen LogP contribution is -2.49. The van der Waals surface area contributed by atoms with E-state index in [9.17, 15) is 9.90 Å². The lowest BCUT2D eigenvalue weighted by Gasteiger charge is -2.40. The first-order chi connectivity index (χ1) is 9.04. The zero-order valence-corrected chi connectivity index (χ0v) is 11.9. The molecule has 1 aliphatic rings. The van der Waals surface area contributed by atoms with Gasteiger partial charge in [0.05, 0.1) is 29.5 Å². The maximum Gasteiger partial charge on any atom is 0.339 e. The van der Waals surface area contributed by atoms with Crippen LogP contribution in [0.4, 0.5) is 5.69 Å². The first kappa shape index (κ1) is 14.2. The summed E-state index contributed by atoms with van der Waals surface area (Å²) in [6, 6.07) is 5.40. The van der Waals surface area contributed by atoms with Crippen LogP contribution < -0.4 is 4.90 Å². The van der Waals surface area contributed by atoms with Crippen LogP contribution in [-0.2, 0) is 4.74 Å². The minimum Gasteiger partial charge on any atom is -0.478 e. The first-order valence-corrected chi connectivity index (χ1v) is 6.82. The number of aromatic carboxylic acids is 1. The minimum absolute atomic E-state index is 0.0865. The van der Waals surface area contributed by atoms with Crippen molar-refractivity contribution in [3.63, 3.8) is 0 Å². The highest BCUT2D eigenvalue weighted by molar-refractivity contribution is 6.34. The van der Waals surface area contributed by atoms with Gasteiger partial charge in [0.2, 0.25) is 0 Å². The average Bonchev–Trinajstić information content (AvgIpc) is 2.37. The third kappa shape index (κ3) is 2.85. The molecule has 5 heteroatoms. The molecule has 1 aliphatic heterocycles. The predicted octanol–water partition coefficient (Wildman–Crippen LogP) is 3.04. The maximum atomic E-state index is 11.4. The van der Waals surface area contributed by atoms with E-state index in [0.29, 0.717) is 18.8 Å². The second kappa shape index (κ2) is 5.80. The summed E-state index contributed by atoms with van der Waals surface area (Å²) >= 11 is 6.03. The number of ether oxygens (including phenoxy) is 1. The Morgan fingerprint density at radius 3 is 2.95 bits per heavy atom. The van der Waals surface area contributed by atoms with Crippen molar-refractivity contribution >= 4 is 23.3 Å². The highest BCUT2D eigenvalue weighted by Crippen LogP contribution is 2.31. The van der Waals surface area contributed by atoms with Crippen LogP contribution in [0.15, 0.2) is 18.2 Å². The number of halogens is 1. The molecule has 1 N–H and O–H groups in total. The highest BCUT2D eigenvalue weighted by atomic mass is 35.5. The van der Waals surface area contributed by atoms with Gasteiger partial charge in [0, 0.05) is 6.54 Å². The molecule has 1 aromatic carbocycles. The minimum atomic E-state index is -0.991. The zero-order valence-electron chi connectivity index (χ0n) is 11.1. The van der Waals surface area contributed by atoms with Gasteiger partial charge in [0.25, 0.3) is 0 Å². The molecular formula is C14H18ClNO3. The largest absolute Gasteiger partial charge is 0.478 e. The standard InChI is InChI=1S/C14H18ClNO3/c1-3-10-8-19-9(2)7-16(10)12-6-4-5-11(15)13(12)14(17)18/h4-6,9-10H,3,7-8H2,1-2H3,(H,17,18). The van der Waals surface area contributed by atoms with E-state index in [-0.39, 0.29) is 22.7 Å². The van der Waals surface area contributed by atoms with Gasteiger partial charge in [-0.2, -0.15) is 0 Å². The van der Waals surface area contributed by atoms with Crippen LogP contribution in [0.1, 0.15) is 30.6 Å². The number of hydrogen-bond acceptors (Lipinski definition) is 3. The van der Waals surface area contributed by atoms with Crippen LogP contribution >= 0.6 is 11.6 Å². The van der Waals surface area contributed by atoms with E-state index < -0.39 is 5.97 Å². The van der Waals surface area contributed by atoms with Gasteiger partial charge in [-0.1, -0.05) is 24.6 Å². The lowest BCUT2D eigenvalue weighted by atomic mass is 10.1.